The van der Waals surface area contributed by atoms with Gasteiger partial charge in [-0.1, -0.05) is 53.2 Å². The van der Waals surface area contributed by atoms with Gasteiger partial charge in [-0.3, -0.25) is 9.59 Å². The van der Waals surface area contributed by atoms with Crippen molar-refractivity contribution in [3.8, 4) is 0 Å². The second-order valence-corrected chi connectivity index (χ2v) is 15.4. The van der Waals surface area contributed by atoms with Crippen LogP contribution in [-0.4, -0.2) is 36.4 Å². The molecule has 1 N–H and O–H groups in total. The average molecular weight is 536 g/mol. The van der Waals surface area contributed by atoms with Gasteiger partial charge in [0.2, 0.25) is 11.5 Å². The molecule has 6 rings (SSSR count). The Hall–Kier alpha value is -1.97. The van der Waals surface area contributed by atoms with E-state index >= 15 is 0 Å². The zero-order chi connectivity index (χ0) is 28.4. The fourth-order valence-electron chi connectivity index (χ4n) is 11.3. The molecule has 0 spiro atoms. The first-order chi connectivity index (χ1) is 18.1. The largest absolute Gasteiger partial charge is 0.469 e. The smallest absolute Gasteiger partial charge is 0.308 e. The number of ketones is 1. The van der Waals surface area contributed by atoms with E-state index in [4.69, 9.17) is 16.0 Å². The lowest BCUT2D eigenvalue weighted by Crippen LogP contribution is -2.65. The Bertz CT molecular complexity index is 1240. The number of aliphatic hydroxyl groups is 1. The van der Waals surface area contributed by atoms with E-state index in [0.29, 0.717) is 13.0 Å². The van der Waals surface area contributed by atoms with Crippen LogP contribution in [0.5, 0.6) is 0 Å². The van der Waals surface area contributed by atoms with E-state index in [1.54, 1.807) is 0 Å². The second kappa shape index (κ2) is 8.07. The number of allylic oxidation sites excluding steroid dienone is 3. The Labute approximate surface area is 233 Å². The number of carbonyl (C=O) groups is 2. The number of hydrogen-bond acceptors (Lipinski definition) is 5. The van der Waals surface area contributed by atoms with E-state index in [-0.39, 0.29) is 63.3 Å². The van der Waals surface area contributed by atoms with Gasteiger partial charge < -0.3 is 14.6 Å². The first-order valence-electron chi connectivity index (χ1n) is 14.9. The van der Waals surface area contributed by atoms with Crippen LogP contribution in [0, 0.1) is 63.2 Å². The fraction of sp³-hybridized carbons (Fsp3) is 0.788. The molecule has 0 aromatic rings. The Morgan fingerprint density at radius 2 is 1.77 bits per heavy atom. The van der Waals surface area contributed by atoms with Gasteiger partial charge in [0.25, 0.3) is 0 Å². The van der Waals surface area contributed by atoms with Crippen LogP contribution in [0.15, 0.2) is 23.4 Å². The third-order valence-corrected chi connectivity index (χ3v) is 13.3. The summed E-state index contributed by atoms with van der Waals surface area (Å²) >= 11 is 0. The van der Waals surface area contributed by atoms with E-state index in [1.165, 1.54) is 7.11 Å². The molecule has 6 heteroatoms. The number of hydrogen-bond donors (Lipinski definition) is 1. The topological polar surface area (TPSA) is 77.2 Å². The zero-order valence-electron chi connectivity index (χ0n) is 24.7. The molecule has 1 aliphatic heterocycles. The molecule has 1 saturated heterocycles. The molecule has 0 aromatic heterocycles. The van der Waals surface area contributed by atoms with Crippen LogP contribution >= 0.6 is 0 Å². The minimum Gasteiger partial charge on any atom is -0.469 e. The Morgan fingerprint density at radius 3 is 2.44 bits per heavy atom. The highest BCUT2D eigenvalue weighted by molar-refractivity contribution is 5.95. The highest BCUT2D eigenvalue weighted by Crippen LogP contribution is 2.75. The van der Waals surface area contributed by atoms with Crippen molar-refractivity contribution in [3.05, 3.63) is 34.8 Å². The minimum atomic E-state index is -1.56. The third kappa shape index (κ3) is 3.15. The van der Waals surface area contributed by atoms with E-state index in [9.17, 15) is 14.7 Å². The molecular formula is C33H45NO5. The van der Waals surface area contributed by atoms with E-state index < -0.39 is 16.6 Å². The quantitative estimate of drug-likeness (QED) is 0.324. The van der Waals surface area contributed by atoms with Crippen molar-refractivity contribution in [1.82, 2.24) is 0 Å². The van der Waals surface area contributed by atoms with Crippen molar-refractivity contribution in [2.24, 2.45) is 56.7 Å². The lowest BCUT2D eigenvalue weighted by atomic mass is 9.35. The Morgan fingerprint density at radius 1 is 1.05 bits per heavy atom. The van der Waals surface area contributed by atoms with Gasteiger partial charge in [0.1, 0.15) is 0 Å². The summed E-state index contributed by atoms with van der Waals surface area (Å²) in [4.78, 5) is 31.2. The molecule has 0 aromatic carbocycles. The van der Waals surface area contributed by atoms with Gasteiger partial charge in [0.15, 0.2) is 5.78 Å². The summed E-state index contributed by atoms with van der Waals surface area (Å²) in [5.74, 6) is -1.40. The molecule has 0 bridgehead atoms. The van der Waals surface area contributed by atoms with E-state index in [0.717, 1.165) is 44.1 Å². The van der Waals surface area contributed by atoms with Gasteiger partial charge in [0.05, 0.1) is 19.6 Å². The van der Waals surface area contributed by atoms with Crippen LogP contribution in [0.1, 0.15) is 86.5 Å². The van der Waals surface area contributed by atoms with Gasteiger partial charge in [0, 0.05) is 23.4 Å². The lowest BCUT2D eigenvalue weighted by Gasteiger charge is -2.68. The molecule has 212 valence electrons. The molecule has 3 saturated carbocycles. The molecule has 2 unspecified atom stereocenters. The number of methoxy groups -OCH3 is 1. The number of esters is 1. The summed E-state index contributed by atoms with van der Waals surface area (Å²) in [7, 11) is 1.49. The first kappa shape index (κ1) is 27.2. The molecular weight excluding hydrogens is 490 g/mol. The van der Waals surface area contributed by atoms with Gasteiger partial charge in [-0.2, -0.15) is 0 Å². The normalized spacial score (nSPS) is 51.6. The van der Waals surface area contributed by atoms with Crippen molar-refractivity contribution in [2.45, 2.75) is 92.3 Å². The highest BCUT2D eigenvalue weighted by Gasteiger charge is 2.72. The van der Waals surface area contributed by atoms with Crippen LogP contribution < -0.4 is 0 Å². The number of fused-ring (bicyclic) bond motifs is 9. The van der Waals surface area contributed by atoms with Crippen molar-refractivity contribution in [1.29, 1.82) is 0 Å². The summed E-state index contributed by atoms with van der Waals surface area (Å²) in [6, 6.07) is 0. The molecule has 4 fully saturated rings. The SMILES string of the molecule is [C-]#[N+]C1=C[C@]2(C)C3=CC(=O)[C@@H]4[C@@H]5CC(C)(C)C[C@@H](C(=O)OC)C5CC[C@@]4(C)[C@]3(C)CC[C@H]2[C@]2(C)CCOC12O. The van der Waals surface area contributed by atoms with Crippen molar-refractivity contribution < 1.29 is 24.2 Å². The van der Waals surface area contributed by atoms with Gasteiger partial charge in [-0.25, -0.2) is 4.85 Å². The van der Waals surface area contributed by atoms with Gasteiger partial charge in [-0.05, 0) is 85.0 Å². The maximum absolute atomic E-state index is 14.4. The van der Waals surface area contributed by atoms with Crippen LogP contribution in [0.2, 0.25) is 0 Å². The first-order valence-corrected chi connectivity index (χ1v) is 14.9. The maximum atomic E-state index is 14.4. The standard InChI is InChI=1S/C33H45NO5/c1-28(2)16-20-19(21(17-28)27(36)38-8)9-11-32(6)26(20)22(35)15-24-29(3)18-25(34-7)33(37)31(5,13-14-39-33)23(29)10-12-30(24,32)4/h15,18-21,23,26,37H,9-14,16-17H2,1-6,8H3/t19?,20-,21-,23-,26+,29+,30-,31+,32-,33?/m1/s1. The lowest BCUT2D eigenvalue weighted by molar-refractivity contribution is -0.229. The van der Waals surface area contributed by atoms with Crippen molar-refractivity contribution in [3.63, 3.8) is 0 Å². The summed E-state index contributed by atoms with van der Waals surface area (Å²) in [5, 5.41) is 11.7. The number of ether oxygens (including phenoxy) is 2. The van der Waals surface area contributed by atoms with Crippen molar-refractivity contribution >= 4 is 11.8 Å². The number of nitrogens with zero attached hydrogens (tertiary/aromatic N) is 1. The van der Waals surface area contributed by atoms with Gasteiger partial charge in [-0.15, -0.1) is 0 Å². The minimum absolute atomic E-state index is 0.0365. The molecule has 6 aliphatic rings. The molecule has 6 nitrogen and oxygen atoms in total. The fourth-order valence-corrected chi connectivity index (χ4v) is 11.3. The molecule has 10 atom stereocenters. The van der Waals surface area contributed by atoms with Gasteiger partial charge >= 0.3 is 5.97 Å². The molecule has 1 heterocycles. The predicted molar refractivity (Wildman–Crippen MR) is 147 cm³/mol. The second-order valence-electron chi connectivity index (χ2n) is 15.4. The predicted octanol–water partition coefficient (Wildman–Crippen LogP) is 6.11. The zero-order valence-corrected chi connectivity index (χ0v) is 24.7. The Balaban J connectivity index is 1.49. The number of carbonyl (C=O) groups excluding carboxylic acids is 2. The molecule has 39 heavy (non-hydrogen) atoms. The summed E-state index contributed by atoms with van der Waals surface area (Å²) in [6.45, 7) is 21.9. The monoisotopic (exact) mass is 535 g/mol. The van der Waals surface area contributed by atoms with Crippen LogP contribution in [0.3, 0.4) is 0 Å². The number of rotatable bonds is 1. The summed E-state index contributed by atoms with van der Waals surface area (Å²) in [6.07, 6.45) is 10.0. The van der Waals surface area contributed by atoms with Crippen LogP contribution in [0.25, 0.3) is 4.85 Å². The van der Waals surface area contributed by atoms with E-state index in [2.05, 4.69) is 46.4 Å². The van der Waals surface area contributed by atoms with E-state index in [1.807, 2.05) is 12.2 Å². The van der Waals surface area contributed by atoms with Crippen molar-refractivity contribution in [2.75, 3.05) is 13.7 Å². The molecule has 0 radical (unpaired) electrons. The average Bonchev–Trinajstić information content (AvgIpc) is 3.18. The summed E-state index contributed by atoms with van der Waals surface area (Å²) < 4.78 is 11.2. The summed E-state index contributed by atoms with van der Waals surface area (Å²) in [5.41, 5.74) is -0.191. The molecule has 5 aliphatic carbocycles. The van der Waals surface area contributed by atoms with Crippen LogP contribution in [0.4, 0.5) is 0 Å². The highest BCUT2D eigenvalue weighted by atomic mass is 16.6. The third-order valence-electron chi connectivity index (χ3n) is 13.3. The maximum Gasteiger partial charge on any atom is 0.308 e. The molecule has 0 amide bonds. The van der Waals surface area contributed by atoms with Crippen LogP contribution in [-0.2, 0) is 19.1 Å². The Kier molecular flexibility index (Phi) is 5.63.